The highest BCUT2D eigenvalue weighted by atomic mass is 16.5. The highest BCUT2D eigenvalue weighted by molar-refractivity contribution is 5.71. The summed E-state index contributed by atoms with van der Waals surface area (Å²) in [6, 6.07) is 25.3. The summed E-state index contributed by atoms with van der Waals surface area (Å²) in [4.78, 5) is 0. The average molecular weight is 361 g/mol. The molecule has 0 aliphatic rings. The van der Waals surface area contributed by atoms with Gasteiger partial charge in [0.15, 0.2) is 0 Å². The summed E-state index contributed by atoms with van der Waals surface area (Å²) in [6.45, 7) is 5.64. The van der Waals surface area contributed by atoms with Gasteiger partial charge in [0.2, 0.25) is 0 Å². The molecule has 0 saturated heterocycles. The van der Waals surface area contributed by atoms with Crippen molar-refractivity contribution in [2.24, 2.45) is 0 Å². The minimum Gasteiger partial charge on any atom is -0.497 e. The fraction of sp³-hybridized carbons (Fsp3) is 0.250. The van der Waals surface area contributed by atoms with Gasteiger partial charge in [0.25, 0.3) is 0 Å². The summed E-state index contributed by atoms with van der Waals surface area (Å²) in [5.74, 6) is 1.76. The number of benzene rings is 3. The van der Waals surface area contributed by atoms with Crippen molar-refractivity contribution in [1.82, 2.24) is 5.32 Å². The third kappa shape index (κ3) is 4.89. The van der Waals surface area contributed by atoms with Crippen molar-refractivity contribution < 1.29 is 9.47 Å². The fourth-order valence-corrected chi connectivity index (χ4v) is 3.10. The van der Waals surface area contributed by atoms with Gasteiger partial charge < -0.3 is 14.8 Å². The Labute approximate surface area is 162 Å². The molecule has 0 fully saturated rings. The Bertz CT molecular complexity index is 844. The first-order valence-corrected chi connectivity index (χ1v) is 9.39. The van der Waals surface area contributed by atoms with Gasteiger partial charge in [-0.3, -0.25) is 0 Å². The van der Waals surface area contributed by atoms with Crippen LogP contribution in [0.25, 0.3) is 11.1 Å². The molecule has 0 saturated carbocycles. The smallest absolute Gasteiger partial charge is 0.127 e. The van der Waals surface area contributed by atoms with Crippen LogP contribution in [0.3, 0.4) is 0 Å². The van der Waals surface area contributed by atoms with E-state index in [9.17, 15) is 0 Å². The summed E-state index contributed by atoms with van der Waals surface area (Å²) in [7, 11) is 1.68. The largest absolute Gasteiger partial charge is 0.497 e. The number of methoxy groups -OCH3 is 1. The van der Waals surface area contributed by atoms with Gasteiger partial charge in [-0.05, 0) is 54.8 Å². The quantitative estimate of drug-likeness (QED) is 0.565. The number of rotatable bonds is 8. The van der Waals surface area contributed by atoms with Gasteiger partial charge in [-0.15, -0.1) is 0 Å². The van der Waals surface area contributed by atoms with Crippen LogP contribution in [-0.4, -0.2) is 13.7 Å². The van der Waals surface area contributed by atoms with Gasteiger partial charge in [-0.2, -0.15) is 0 Å². The Morgan fingerprint density at radius 3 is 2.33 bits per heavy atom. The fourth-order valence-electron chi connectivity index (χ4n) is 3.10. The zero-order valence-corrected chi connectivity index (χ0v) is 16.2. The molecule has 0 bridgehead atoms. The summed E-state index contributed by atoms with van der Waals surface area (Å²) in [5.41, 5.74) is 4.74. The Balaban J connectivity index is 1.80. The molecular weight excluding hydrogens is 334 g/mol. The van der Waals surface area contributed by atoms with E-state index in [0.717, 1.165) is 29.2 Å². The molecule has 140 valence electrons. The van der Waals surface area contributed by atoms with Crippen LogP contribution >= 0.6 is 0 Å². The molecule has 1 atom stereocenters. The molecule has 3 nitrogen and oxygen atoms in total. The number of hydrogen-bond donors (Lipinski definition) is 1. The minimum absolute atomic E-state index is 0.294. The normalized spacial score (nSPS) is 11.8. The molecule has 0 spiro atoms. The maximum Gasteiger partial charge on any atom is 0.127 e. The van der Waals surface area contributed by atoms with Crippen molar-refractivity contribution in [3.05, 3.63) is 83.9 Å². The molecule has 27 heavy (non-hydrogen) atoms. The van der Waals surface area contributed by atoms with Gasteiger partial charge >= 0.3 is 0 Å². The molecule has 0 aliphatic heterocycles. The third-order valence-electron chi connectivity index (χ3n) is 4.66. The van der Waals surface area contributed by atoms with Crippen molar-refractivity contribution in [2.45, 2.75) is 26.4 Å². The molecule has 0 aliphatic carbocycles. The van der Waals surface area contributed by atoms with Crippen molar-refractivity contribution in [1.29, 1.82) is 0 Å². The van der Waals surface area contributed by atoms with Crippen LogP contribution in [0, 0.1) is 0 Å². The molecule has 3 aromatic carbocycles. The lowest BCUT2D eigenvalue weighted by Crippen LogP contribution is -2.18. The van der Waals surface area contributed by atoms with Crippen LogP contribution in [-0.2, 0) is 6.54 Å². The first kappa shape index (κ1) is 19.0. The molecule has 1 N–H and O–H groups in total. The van der Waals surface area contributed by atoms with E-state index >= 15 is 0 Å². The molecule has 3 rings (SSSR count). The lowest BCUT2D eigenvalue weighted by molar-refractivity contribution is 0.341. The Morgan fingerprint density at radius 2 is 1.67 bits per heavy atom. The van der Waals surface area contributed by atoms with Crippen LogP contribution in [0.15, 0.2) is 72.8 Å². The second-order valence-corrected chi connectivity index (χ2v) is 6.51. The number of ether oxygens (including phenoxy) is 2. The summed E-state index contributed by atoms with van der Waals surface area (Å²) in [5, 5.41) is 3.60. The molecule has 3 aromatic rings. The average Bonchev–Trinajstić information content (AvgIpc) is 2.73. The SMILES string of the molecule is CCOc1ccc(CNC(C)c2ccccc2)cc1-c1ccc(OC)cc1. The number of nitrogens with one attached hydrogen (secondary N) is 1. The molecule has 0 amide bonds. The minimum atomic E-state index is 0.294. The molecule has 1 unspecified atom stereocenters. The monoisotopic (exact) mass is 361 g/mol. The van der Waals surface area contributed by atoms with Gasteiger partial charge in [0, 0.05) is 18.2 Å². The topological polar surface area (TPSA) is 30.5 Å². The van der Waals surface area contributed by atoms with Crippen LogP contribution in [0.5, 0.6) is 11.5 Å². The second-order valence-electron chi connectivity index (χ2n) is 6.51. The summed E-state index contributed by atoms with van der Waals surface area (Å²) >= 11 is 0. The summed E-state index contributed by atoms with van der Waals surface area (Å²) in [6.07, 6.45) is 0. The van der Waals surface area contributed by atoms with Crippen LogP contribution in [0.4, 0.5) is 0 Å². The highest BCUT2D eigenvalue weighted by Gasteiger charge is 2.10. The van der Waals surface area contributed by atoms with Crippen LogP contribution in [0.1, 0.15) is 31.0 Å². The zero-order valence-electron chi connectivity index (χ0n) is 16.2. The standard InChI is InChI=1S/C24H27NO2/c1-4-27-24-15-10-19(17-25-18(2)20-8-6-5-7-9-20)16-23(24)21-11-13-22(26-3)14-12-21/h5-16,18,25H,4,17H2,1-3H3. The van der Waals surface area contributed by atoms with Crippen molar-refractivity contribution in [3.63, 3.8) is 0 Å². The highest BCUT2D eigenvalue weighted by Crippen LogP contribution is 2.32. The molecule has 0 radical (unpaired) electrons. The maximum atomic E-state index is 5.85. The van der Waals surface area contributed by atoms with Gasteiger partial charge in [-0.25, -0.2) is 0 Å². The first-order valence-electron chi connectivity index (χ1n) is 9.39. The van der Waals surface area contributed by atoms with E-state index in [2.05, 4.69) is 66.8 Å². The Morgan fingerprint density at radius 1 is 0.926 bits per heavy atom. The maximum absolute atomic E-state index is 5.85. The molecule has 0 heterocycles. The predicted octanol–water partition coefficient (Wildman–Crippen LogP) is 5.61. The van der Waals surface area contributed by atoms with E-state index in [0.29, 0.717) is 12.6 Å². The van der Waals surface area contributed by atoms with Gasteiger partial charge in [0.1, 0.15) is 11.5 Å². The van der Waals surface area contributed by atoms with E-state index in [1.54, 1.807) is 7.11 Å². The predicted molar refractivity (Wildman–Crippen MR) is 111 cm³/mol. The second kappa shape index (κ2) is 9.24. The van der Waals surface area contributed by atoms with Gasteiger partial charge in [0.05, 0.1) is 13.7 Å². The third-order valence-corrected chi connectivity index (χ3v) is 4.66. The molecular formula is C24H27NO2. The first-order chi connectivity index (χ1) is 13.2. The van der Waals surface area contributed by atoms with Gasteiger partial charge in [-0.1, -0.05) is 48.5 Å². The summed E-state index contributed by atoms with van der Waals surface area (Å²) < 4.78 is 11.1. The van der Waals surface area contributed by atoms with E-state index in [1.165, 1.54) is 11.1 Å². The van der Waals surface area contributed by atoms with E-state index in [4.69, 9.17) is 9.47 Å². The zero-order chi connectivity index (χ0) is 19.1. The lowest BCUT2D eigenvalue weighted by Gasteiger charge is -2.16. The van der Waals surface area contributed by atoms with E-state index in [-0.39, 0.29) is 0 Å². The van der Waals surface area contributed by atoms with Crippen LogP contribution in [0.2, 0.25) is 0 Å². The van der Waals surface area contributed by atoms with Crippen molar-refractivity contribution in [3.8, 4) is 22.6 Å². The van der Waals surface area contributed by atoms with Crippen LogP contribution < -0.4 is 14.8 Å². The number of hydrogen-bond acceptors (Lipinski definition) is 3. The van der Waals surface area contributed by atoms with Crippen molar-refractivity contribution in [2.75, 3.05) is 13.7 Å². The van der Waals surface area contributed by atoms with E-state index in [1.807, 2.05) is 25.1 Å². The van der Waals surface area contributed by atoms with Crippen molar-refractivity contribution >= 4 is 0 Å². The molecule has 3 heteroatoms. The lowest BCUT2D eigenvalue weighted by atomic mass is 10.0. The molecule has 0 aromatic heterocycles. The Hall–Kier alpha value is -2.78. The van der Waals surface area contributed by atoms with E-state index < -0.39 is 0 Å². The Kier molecular flexibility index (Phi) is 6.50.